The largest absolute Gasteiger partial charge is 0.399 e. The molecule has 1 aromatic carbocycles. The number of carbonyl (C=O) groups excluding carboxylic acids is 1. The second-order valence-electron chi connectivity index (χ2n) is 3.37. The number of aryl methyl sites for hydroxylation is 1. The van der Waals surface area contributed by atoms with Gasteiger partial charge in [0.05, 0.1) is 0 Å². The number of hydrogen-bond donors (Lipinski definition) is 4. The Kier molecular flexibility index (Phi) is 3.51. The van der Waals surface area contributed by atoms with Crippen LogP contribution in [0.4, 0.5) is 11.4 Å². The summed E-state index contributed by atoms with van der Waals surface area (Å²) >= 11 is 0. The van der Waals surface area contributed by atoms with Crippen molar-refractivity contribution in [3.05, 3.63) is 23.8 Å². The van der Waals surface area contributed by atoms with Crippen LogP contribution in [0.15, 0.2) is 18.2 Å². The van der Waals surface area contributed by atoms with E-state index in [0.717, 1.165) is 11.3 Å². The first-order valence-corrected chi connectivity index (χ1v) is 4.58. The van der Waals surface area contributed by atoms with Crippen LogP contribution < -0.4 is 16.8 Å². The molecule has 15 heavy (non-hydrogen) atoms. The van der Waals surface area contributed by atoms with Crippen molar-refractivity contribution in [3.8, 4) is 0 Å². The zero-order chi connectivity index (χ0) is 11.4. The van der Waals surface area contributed by atoms with Gasteiger partial charge in [0.1, 0.15) is 6.10 Å². The van der Waals surface area contributed by atoms with Crippen molar-refractivity contribution >= 4 is 17.3 Å². The van der Waals surface area contributed by atoms with Gasteiger partial charge in [-0.25, -0.2) is 0 Å². The molecular formula is C10H15N3O2. The van der Waals surface area contributed by atoms with Gasteiger partial charge >= 0.3 is 0 Å². The van der Waals surface area contributed by atoms with Crippen LogP contribution in [0.1, 0.15) is 5.56 Å². The van der Waals surface area contributed by atoms with Crippen molar-refractivity contribution in [1.82, 2.24) is 0 Å². The molecule has 5 nitrogen and oxygen atoms in total. The highest BCUT2D eigenvalue weighted by atomic mass is 16.3. The number of benzene rings is 1. The molecule has 0 aromatic heterocycles. The Labute approximate surface area is 88.1 Å². The van der Waals surface area contributed by atoms with Crippen molar-refractivity contribution in [2.75, 3.05) is 17.6 Å². The third kappa shape index (κ3) is 3.14. The van der Waals surface area contributed by atoms with Gasteiger partial charge in [0.2, 0.25) is 5.91 Å². The van der Waals surface area contributed by atoms with E-state index in [1.165, 1.54) is 0 Å². The smallest absolute Gasteiger partial charge is 0.248 e. The van der Waals surface area contributed by atoms with E-state index >= 15 is 0 Å². The van der Waals surface area contributed by atoms with Crippen LogP contribution in [-0.2, 0) is 4.79 Å². The first kappa shape index (κ1) is 11.3. The minimum absolute atomic E-state index is 0.0959. The Morgan fingerprint density at radius 1 is 1.60 bits per heavy atom. The van der Waals surface area contributed by atoms with Gasteiger partial charge in [-0.2, -0.15) is 0 Å². The number of nitrogens with one attached hydrogen (secondary N) is 1. The molecule has 6 N–H and O–H groups in total. The minimum atomic E-state index is -1.18. The summed E-state index contributed by atoms with van der Waals surface area (Å²) < 4.78 is 0. The lowest BCUT2D eigenvalue weighted by molar-refractivity contribution is -0.125. The molecule has 1 aromatic rings. The maximum absolute atomic E-state index is 10.6. The number of nitrogen functional groups attached to an aromatic ring is 1. The number of aliphatic hydroxyl groups is 1. The Balaban J connectivity index is 2.58. The maximum atomic E-state index is 10.6. The summed E-state index contributed by atoms with van der Waals surface area (Å²) in [5.41, 5.74) is 13.0. The summed E-state index contributed by atoms with van der Waals surface area (Å²) in [6.45, 7) is 1.98. The van der Waals surface area contributed by atoms with E-state index in [9.17, 15) is 4.79 Å². The Morgan fingerprint density at radius 2 is 2.27 bits per heavy atom. The molecule has 0 heterocycles. The van der Waals surface area contributed by atoms with Crippen LogP contribution in [0.2, 0.25) is 0 Å². The molecule has 0 saturated carbocycles. The van der Waals surface area contributed by atoms with Crippen molar-refractivity contribution in [3.63, 3.8) is 0 Å². The van der Waals surface area contributed by atoms with Crippen LogP contribution in [0, 0.1) is 6.92 Å². The highest BCUT2D eigenvalue weighted by Crippen LogP contribution is 2.16. The minimum Gasteiger partial charge on any atom is -0.399 e. The van der Waals surface area contributed by atoms with Gasteiger partial charge in [0.25, 0.3) is 0 Å². The van der Waals surface area contributed by atoms with Gasteiger partial charge in [-0.15, -0.1) is 0 Å². The second-order valence-corrected chi connectivity index (χ2v) is 3.37. The Bertz CT molecular complexity index is 366. The maximum Gasteiger partial charge on any atom is 0.248 e. The molecule has 0 spiro atoms. The lowest BCUT2D eigenvalue weighted by Gasteiger charge is -2.10. The number of rotatable bonds is 4. The lowest BCUT2D eigenvalue weighted by Crippen LogP contribution is -2.34. The molecule has 0 radical (unpaired) electrons. The summed E-state index contributed by atoms with van der Waals surface area (Å²) in [7, 11) is 0. The zero-order valence-corrected chi connectivity index (χ0v) is 8.53. The molecule has 1 atom stereocenters. The Hall–Kier alpha value is -1.75. The van der Waals surface area contributed by atoms with Crippen LogP contribution >= 0.6 is 0 Å². The number of nitrogens with two attached hydrogens (primary N) is 2. The van der Waals surface area contributed by atoms with Crippen molar-refractivity contribution in [1.29, 1.82) is 0 Å². The predicted molar refractivity (Wildman–Crippen MR) is 59.3 cm³/mol. The normalized spacial score (nSPS) is 12.1. The number of amides is 1. The highest BCUT2D eigenvalue weighted by molar-refractivity contribution is 5.79. The van der Waals surface area contributed by atoms with Gasteiger partial charge in [-0.05, 0) is 30.7 Å². The van der Waals surface area contributed by atoms with Gasteiger partial charge < -0.3 is 21.9 Å². The predicted octanol–water partition coefficient (Wildman–Crippen LogP) is -0.165. The molecular weight excluding hydrogens is 194 g/mol. The number of carbonyl (C=O) groups is 1. The van der Waals surface area contributed by atoms with Gasteiger partial charge in [-0.1, -0.05) is 0 Å². The average molecular weight is 209 g/mol. The summed E-state index contributed by atoms with van der Waals surface area (Å²) in [5.74, 6) is -0.741. The molecule has 0 bridgehead atoms. The van der Waals surface area contributed by atoms with Crippen LogP contribution in [0.5, 0.6) is 0 Å². The molecule has 0 saturated heterocycles. The fourth-order valence-corrected chi connectivity index (χ4v) is 1.10. The van der Waals surface area contributed by atoms with E-state index in [1.807, 2.05) is 13.0 Å². The molecule has 1 unspecified atom stereocenters. The standard InChI is InChI=1S/C10H15N3O2/c1-6-4-7(2-3-8(6)11)13-5-9(14)10(12)15/h2-4,9,13-14H,5,11H2,1H3,(H2,12,15). The topological polar surface area (TPSA) is 101 Å². The monoisotopic (exact) mass is 209 g/mol. The van der Waals surface area contributed by atoms with Crippen LogP contribution in [0.25, 0.3) is 0 Å². The number of hydrogen-bond acceptors (Lipinski definition) is 4. The molecule has 82 valence electrons. The van der Waals surface area contributed by atoms with E-state index in [4.69, 9.17) is 16.6 Å². The summed E-state index contributed by atoms with van der Waals surface area (Å²) in [6.07, 6.45) is -1.18. The molecule has 0 aliphatic carbocycles. The van der Waals surface area contributed by atoms with E-state index in [1.54, 1.807) is 12.1 Å². The quantitative estimate of drug-likeness (QED) is 0.517. The van der Waals surface area contributed by atoms with Gasteiger partial charge in [0, 0.05) is 17.9 Å². The van der Waals surface area contributed by atoms with Gasteiger partial charge in [0.15, 0.2) is 0 Å². The van der Waals surface area contributed by atoms with E-state index in [-0.39, 0.29) is 6.54 Å². The number of primary amides is 1. The van der Waals surface area contributed by atoms with E-state index in [2.05, 4.69) is 5.32 Å². The third-order valence-corrected chi connectivity index (χ3v) is 2.10. The van der Waals surface area contributed by atoms with Gasteiger partial charge in [-0.3, -0.25) is 4.79 Å². The fraction of sp³-hybridized carbons (Fsp3) is 0.300. The van der Waals surface area contributed by atoms with Crippen molar-refractivity contribution in [2.24, 2.45) is 5.73 Å². The molecule has 0 aliphatic rings. The van der Waals surface area contributed by atoms with Crippen molar-refractivity contribution in [2.45, 2.75) is 13.0 Å². The summed E-state index contributed by atoms with van der Waals surface area (Å²) in [5, 5.41) is 12.0. The first-order valence-electron chi connectivity index (χ1n) is 4.58. The molecule has 1 rings (SSSR count). The highest BCUT2D eigenvalue weighted by Gasteiger charge is 2.09. The van der Waals surface area contributed by atoms with Crippen LogP contribution in [-0.4, -0.2) is 23.7 Å². The first-order chi connectivity index (χ1) is 7.00. The SMILES string of the molecule is Cc1cc(NCC(O)C(N)=O)ccc1N. The van der Waals surface area contributed by atoms with Crippen LogP contribution in [0.3, 0.4) is 0 Å². The molecule has 0 fully saturated rings. The average Bonchev–Trinajstić information content (AvgIpc) is 2.19. The molecule has 0 aliphatic heterocycles. The lowest BCUT2D eigenvalue weighted by atomic mass is 10.2. The summed E-state index contributed by atoms with van der Waals surface area (Å²) in [4.78, 5) is 10.6. The van der Waals surface area contributed by atoms with E-state index in [0.29, 0.717) is 5.69 Å². The fourth-order valence-electron chi connectivity index (χ4n) is 1.10. The summed E-state index contributed by atoms with van der Waals surface area (Å²) in [6, 6.07) is 5.37. The third-order valence-electron chi connectivity index (χ3n) is 2.10. The Morgan fingerprint density at radius 3 is 2.80 bits per heavy atom. The zero-order valence-electron chi connectivity index (χ0n) is 8.53. The molecule has 1 amide bonds. The number of anilines is 2. The second kappa shape index (κ2) is 4.65. The molecule has 5 heteroatoms. The van der Waals surface area contributed by atoms with Crippen molar-refractivity contribution < 1.29 is 9.90 Å². The van der Waals surface area contributed by atoms with E-state index < -0.39 is 12.0 Å². The number of aliphatic hydroxyl groups excluding tert-OH is 1.